The second kappa shape index (κ2) is 6.21. The molecule has 1 amide bonds. The number of halogens is 1. The Bertz CT molecular complexity index is 678. The number of aromatic carboxylic acids is 1. The number of hydrogen-bond donors (Lipinski definition) is 2. The summed E-state index contributed by atoms with van der Waals surface area (Å²) in [6.07, 6.45) is 1.56. The van der Waals surface area contributed by atoms with Crippen LogP contribution < -0.4 is 5.32 Å². The van der Waals surface area contributed by atoms with E-state index in [-0.39, 0.29) is 17.1 Å². The first-order chi connectivity index (χ1) is 9.97. The van der Waals surface area contributed by atoms with Crippen LogP contribution in [0.2, 0.25) is 0 Å². The standard InChI is InChI=1S/C15H14FNO4/c1-9-6-12(16)3-2-10(9)4-5-17-14(18)13-7-11(8-21-13)15(19)20/h2-3,6-8H,4-5H2,1H3,(H,17,18)(H,19,20). The van der Waals surface area contributed by atoms with E-state index in [2.05, 4.69) is 5.32 Å². The lowest BCUT2D eigenvalue weighted by molar-refractivity contribution is 0.0696. The van der Waals surface area contributed by atoms with E-state index >= 15 is 0 Å². The van der Waals surface area contributed by atoms with Crippen molar-refractivity contribution in [2.24, 2.45) is 0 Å². The smallest absolute Gasteiger partial charge is 0.338 e. The molecule has 1 aromatic heterocycles. The van der Waals surface area contributed by atoms with Crippen molar-refractivity contribution in [3.05, 3.63) is 58.8 Å². The fourth-order valence-corrected chi connectivity index (χ4v) is 1.91. The maximum atomic E-state index is 13.0. The monoisotopic (exact) mass is 291 g/mol. The van der Waals surface area contributed by atoms with E-state index < -0.39 is 11.9 Å². The molecule has 0 saturated heterocycles. The van der Waals surface area contributed by atoms with Gasteiger partial charge in [0.25, 0.3) is 5.91 Å². The number of carbonyl (C=O) groups is 2. The van der Waals surface area contributed by atoms with Crippen molar-refractivity contribution in [2.45, 2.75) is 13.3 Å². The SMILES string of the molecule is Cc1cc(F)ccc1CCNC(=O)c1cc(C(=O)O)co1. The van der Waals surface area contributed by atoms with Crippen LogP contribution in [-0.2, 0) is 6.42 Å². The predicted molar refractivity (Wildman–Crippen MR) is 72.8 cm³/mol. The molecule has 1 heterocycles. The van der Waals surface area contributed by atoms with Crippen molar-refractivity contribution in [3.63, 3.8) is 0 Å². The van der Waals surface area contributed by atoms with Gasteiger partial charge in [-0.15, -0.1) is 0 Å². The van der Waals surface area contributed by atoms with E-state index in [1.807, 2.05) is 0 Å². The van der Waals surface area contributed by atoms with Crippen molar-refractivity contribution < 1.29 is 23.5 Å². The van der Waals surface area contributed by atoms with Crippen LogP contribution in [0.5, 0.6) is 0 Å². The van der Waals surface area contributed by atoms with E-state index in [0.717, 1.165) is 17.4 Å². The molecule has 21 heavy (non-hydrogen) atoms. The molecule has 1 aromatic carbocycles. The molecular formula is C15H14FNO4. The van der Waals surface area contributed by atoms with Gasteiger partial charge in [0.2, 0.25) is 0 Å². The minimum atomic E-state index is -1.15. The zero-order valence-electron chi connectivity index (χ0n) is 11.4. The minimum absolute atomic E-state index is 0.0526. The third-order valence-electron chi connectivity index (χ3n) is 3.05. The average Bonchev–Trinajstić information content (AvgIpc) is 2.91. The van der Waals surface area contributed by atoms with Gasteiger partial charge >= 0.3 is 5.97 Å². The fraction of sp³-hybridized carbons (Fsp3) is 0.200. The van der Waals surface area contributed by atoms with Crippen LogP contribution in [0.15, 0.2) is 34.9 Å². The normalized spacial score (nSPS) is 10.4. The number of carbonyl (C=O) groups excluding carboxylic acids is 1. The number of carboxylic acid groups (broad SMARTS) is 1. The molecule has 0 spiro atoms. The first-order valence-corrected chi connectivity index (χ1v) is 6.32. The van der Waals surface area contributed by atoms with Crippen molar-refractivity contribution in [1.29, 1.82) is 0 Å². The van der Waals surface area contributed by atoms with E-state index in [1.165, 1.54) is 18.2 Å². The van der Waals surface area contributed by atoms with Gasteiger partial charge in [0, 0.05) is 12.6 Å². The van der Waals surface area contributed by atoms with Crippen molar-refractivity contribution >= 4 is 11.9 Å². The Morgan fingerprint density at radius 2 is 2.10 bits per heavy atom. The second-order valence-corrected chi connectivity index (χ2v) is 4.58. The molecule has 0 aliphatic rings. The first-order valence-electron chi connectivity index (χ1n) is 6.32. The highest BCUT2D eigenvalue weighted by atomic mass is 19.1. The highest BCUT2D eigenvalue weighted by Crippen LogP contribution is 2.11. The highest BCUT2D eigenvalue weighted by Gasteiger charge is 2.14. The molecule has 0 bridgehead atoms. The Kier molecular flexibility index (Phi) is 4.37. The molecule has 0 atom stereocenters. The van der Waals surface area contributed by atoms with Crippen LogP contribution in [0, 0.1) is 12.7 Å². The zero-order valence-corrected chi connectivity index (χ0v) is 11.4. The van der Waals surface area contributed by atoms with Gasteiger partial charge in [0.15, 0.2) is 5.76 Å². The maximum absolute atomic E-state index is 13.0. The molecule has 5 nitrogen and oxygen atoms in total. The molecule has 6 heteroatoms. The Balaban J connectivity index is 1.90. The van der Waals surface area contributed by atoms with E-state index in [4.69, 9.17) is 9.52 Å². The van der Waals surface area contributed by atoms with Crippen molar-refractivity contribution in [1.82, 2.24) is 5.32 Å². The summed E-state index contributed by atoms with van der Waals surface area (Å²) in [7, 11) is 0. The Hall–Kier alpha value is -2.63. The van der Waals surface area contributed by atoms with Crippen molar-refractivity contribution in [2.75, 3.05) is 6.54 Å². The largest absolute Gasteiger partial charge is 0.478 e. The number of hydrogen-bond acceptors (Lipinski definition) is 3. The van der Waals surface area contributed by atoms with Crippen LogP contribution in [0.4, 0.5) is 4.39 Å². The molecule has 0 radical (unpaired) electrons. The summed E-state index contributed by atoms with van der Waals surface area (Å²) in [4.78, 5) is 22.4. The maximum Gasteiger partial charge on any atom is 0.338 e. The predicted octanol–water partition coefficient (Wildman–Crippen LogP) is 2.40. The van der Waals surface area contributed by atoms with E-state index in [0.29, 0.717) is 13.0 Å². The van der Waals surface area contributed by atoms with Crippen LogP contribution >= 0.6 is 0 Å². The van der Waals surface area contributed by atoms with Crippen LogP contribution in [0.1, 0.15) is 32.0 Å². The number of carboxylic acids is 1. The third-order valence-corrected chi connectivity index (χ3v) is 3.05. The molecule has 0 aliphatic heterocycles. The van der Waals surface area contributed by atoms with Gasteiger partial charge < -0.3 is 14.8 Å². The Morgan fingerprint density at radius 1 is 1.33 bits per heavy atom. The summed E-state index contributed by atoms with van der Waals surface area (Å²) in [5.74, 6) is -1.98. The summed E-state index contributed by atoms with van der Waals surface area (Å²) in [5.41, 5.74) is 1.67. The molecule has 0 saturated carbocycles. The molecular weight excluding hydrogens is 277 g/mol. The van der Waals surface area contributed by atoms with Gasteiger partial charge in [0.05, 0.1) is 5.56 Å². The molecule has 0 unspecified atom stereocenters. The summed E-state index contributed by atoms with van der Waals surface area (Å²) in [6.45, 7) is 2.14. The highest BCUT2D eigenvalue weighted by molar-refractivity contribution is 5.95. The molecule has 2 N–H and O–H groups in total. The van der Waals surface area contributed by atoms with Crippen LogP contribution in [0.25, 0.3) is 0 Å². The fourth-order valence-electron chi connectivity index (χ4n) is 1.91. The lowest BCUT2D eigenvalue weighted by atomic mass is 10.1. The number of rotatable bonds is 5. The Morgan fingerprint density at radius 3 is 2.71 bits per heavy atom. The molecule has 2 rings (SSSR count). The van der Waals surface area contributed by atoms with Crippen LogP contribution in [-0.4, -0.2) is 23.5 Å². The first kappa shape index (κ1) is 14.8. The lowest BCUT2D eigenvalue weighted by Gasteiger charge is -2.06. The summed E-state index contributed by atoms with van der Waals surface area (Å²) >= 11 is 0. The summed E-state index contributed by atoms with van der Waals surface area (Å²) < 4.78 is 17.8. The number of aryl methyl sites for hydroxylation is 1. The van der Waals surface area contributed by atoms with E-state index in [1.54, 1.807) is 13.0 Å². The summed E-state index contributed by atoms with van der Waals surface area (Å²) in [5, 5.41) is 11.4. The number of benzene rings is 1. The molecule has 0 aliphatic carbocycles. The quantitative estimate of drug-likeness (QED) is 0.886. The Labute approximate surface area is 120 Å². The van der Waals surface area contributed by atoms with Gasteiger partial charge in [0.1, 0.15) is 12.1 Å². The topological polar surface area (TPSA) is 79.5 Å². The summed E-state index contributed by atoms with van der Waals surface area (Å²) in [6, 6.07) is 5.64. The number of amides is 1. The number of nitrogens with one attached hydrogen (secondary N) is 1. The van der Waals surface area contributed by atoms with Crippen molar-refractivity contribution in [3.8, 4) is 0 Å². The van der Waals surface area contributed by atoms with Gasteiger partial charge in [-0.05, 0) is 36.6 Å². The zero-order chi connectivity index (χ0) is 15.4. The lowest BCUT2D eigenvalue weighted by Crippen LogP contribution is -2.25. The van der Waals surface area contributed by atoms with Crippen LogP contribution in [0.3, 0.4) is 0 Å². The second-order valence-electron chi connectivity index (χ2n) is 4.58. The molecule has 2 aromatic rings. The van der Waals surface area contributed by atoms with Gasteiger partial charge in [-0.2, -0.15) is 0 Å². The average molecular weight is 291 g/mol. The minimum Gasteiger partial charge on any atom is -0.478 e. The van der Waals surface area contributed by atoms with Gasteiger partial charge in [-0.25, -0.2) is 9.18 Å². The molecule has 110 valence electrons. The molecule has 0 fully saturated rings. The van der Waals surface area contributed by atoms with E-state index in [9.17, 15) is 14.0 Å². The van der Waals surface area contributed by atoms with Gasteiger partial charge in [-0.3, -0.25) is 4.79 Å². The van der Waals surface area contributed by atoms with Gasteiger partial charge in [-0.1, -0.05) is 6.07 Å². The third kappa shape index (κ3) is 3.68. The number of furan rings is 1.